The monoisotopic (exact) mass is 214 g/mol. The minimum absolute atomic E-state index is 0.130. The van der Waals surface area contributed by atoms with Crippen LogP contribution in [0.2, 0.25) is 0 Å². The maximum absolute atomic E-state index is 11.2. The van der Waals surface area contributed by atoms with Crippen LogP contribution in [0.5, 0.6) is 0 Å². The molecule has 0 aliphatic carbocycles. The van der Waals surface area contributed by atoms with Crippen LogP contribution < -0.4 is 0 Å². The van der Waals surface area contributed by atoms with Crippen molar-refractivity contribution in [3.63, 3.8) is 0 Å². The summed E-state index contributed by atoms with van der Waals surface area (Å²) < 4.78 is 9.41. The van der Waals surface area contributed by atoms with E-state index in [1.54, 1.807) is 20.8 Å². The van der Waals surface area contributed by atoms with Gasteiger partial charge in [-0.25, -0.2) is 4.79 Å². The van der Waals surface area contributed by atoms with Crippen molar-refractivity contribution in [2.24, 2.45) is 0 Å². The van der Waals surface area contributed by atoms with Crippen LogP contribution >= 0.6 is 0 Å². The van der Waals surface area contributed by atoms with Crippen molar-refractivity contribution in [3.8, 4) is 0 Å². The summed E-state index contributed by atoms with van der Waals surface area (Å²) in [6, 6.07) is 0. The molecule has 0 saturated heterocycles. The molecular weight excluding hydrogens is 200 g/mol. The average molecular weight is 214 g/mol. The fourth-order valence-electron chi connectivity index (χ4n) is 0.845. The predicted molar refractivity (Wildman–Crippen MR) is 50.4 cm³/mol. The molecule has 0 spiro atoms. The van der Waals surface area contributed by atoms with E-state index in [-0.39, 0.29) is 24.9 Å². The summed E-state index contributed by atoms with van der Waals surface area (Å²) >= 11 is 0. The lowest BCUT2D eigenvalue weighted by Crippen LogP contribution is -2.23. The number of aliphatic hydroxyl groups is 1. The first kappa shape index (κ1) is 11.6. The van der Waals surface area contributed by atoms with Crippen LogP contribution in [-0.4, -0.2) is 34.4 Å². The number of hydrogen-bond acceptors (Lipinski definition) is 6. The molecule has 1 rings (SSSR count). The molecule has 1 aromatic heterocycles. The van der Waals surface area contributed by atoms with Crippen molar-refractivity contribution in [2.45, 2.75) is 26.2 Å². The predicted octanol–water partition coefficient (Wildman–Crippen LogP) is 0.516. The second-order valence-electron chi connectivity index (χ2n) is 3.69. The van der Waals surface area contributed by atoms with Gasteiger partial charge in [-0.1, -0.05) is 19.0 Å². The second kappa shape index (κ2) is 4.39. The number of carbonyl (C=O) groups excluding carboxylic acids is 1. The third-order valence-electron chi connectivity index (χ3n) is 1.88. The molecule has 15 heavy (non-hydrogen) atoms. The molecule has 0 saturated carbocycles. The standard InChI is InChI=1S/C9H14N2O4/c1-4-14-7(13)6-10-8(11-15-6)9(2,3)5-12/h12H,4-5H2,1-3H3. The molecule has 6 nitrogen and oxygen atoms in total. The maximum atomic E-state index is 11.2. The van der Waals surface area contributed by atoms with Crippen LogP contribution in [0.3, 0.4) is 0 Å². The van der Waals surface area contributed by atoms with Gasteiger partial charge in [0.1, 0.15) is 0 Å². The van der Waals surface area contributed by atoms with E-state index in [1.807, 2.05) is 0 Å². The fourth-order valence-corrected chi connectivity index (χ4v) is 0.845. The highest BCUT2D eigenvalue weighted by atomic mass is 16.6. The molecule has 0 bridgehead atoms. The molecule has 0 fully saturated rings. The van der Waals surface area contributed by atoms with E-state index in [0.717, 1.165) is 0 Å². The number of rotatable bonds is 4. The Morgan fingerprint density at radius 1 is 1.60 bits per heavy atom. The summed E-state index contributed by atoms with van der Waals surface area (Å²) in [6.45, 7) is 5.29. The molecule has 0 radical (unpaired) electrons. The Bertz CT molecular complexity index is 346. The largest absolute Gasteiger partial charge is 0.459 e. The third-order valence-corrected chi connectivity index (χ3v) is 1.88. The fraction of sp³-hybridized carbons (Fsp3) is 0.667. The molecule has 1 heterocycles. The first-order valence-electron chi connectivity index (χ1n) is 4.63. The average Bonchev–Trinajstić information content (AvgIpc) is 2.67. The zero-order chi connectivity index (χ0) is 11.5. The van der Waals surface area contributed by atoms with Crippen LogP contribution in [0.1, 0.15) is 37.3 Å². The van der Waals surface area contributed by atoms with Gasteiger partial charge in [-0.2, -0.15) is 4.98 Å². The van der Waals surface area contributed by atoms with E-state index in [2.05, 4.69) is 14.9 Å². The number of hydrogen-bond donors (Lipinski definition) is 1. The van der Waals surface area contributed by atoms with Gasteiger partial charge in [0.15, 0.2) is 5.82 Å². The quantitative estimate of drug-likeness (QED) is 0.735. The lowest BCUT2D eigenvalue weighted by atomic mass is 9.94. The number of ether oxygens (including phenoxy) is 1. The number of carbonyl (C=O) groups is 1. The Morgan fingerprint density at radius 3 is 2.80 bits per heavy atom. The van der Waals surface area contributed by atoms with E-state index in [0.29, 0.717) is 0 Å². The third kappa shape index (κ3) is 2.53. The van der Waals surface area contributed by atoms with Gasteiger partial charge in [0.25, 0.3) is 0 Å². The highest BCUT2D eigenvalue weighted by Gasteiger charge is 2.27. The van der Waals surface area contributed by atoms with Crippen molar-refractivity contribution >= 4 is 5.97 Å². The van der Waals surface area contributed by atoms with Gasteiger partial charge in [-0.3, -0.25) is 0 Å². The molecule has 0 unspecified atom stereocenters. The van der Waals surface area contributed by atoms with Crippen molar-refractivity contribution in [1.29, 1.82) is 0 Å². The number of esters is 1. The molecular formula is C9H14N2O4. The minimum Gasteiger partial charge on any atom is -0.459 e. The van der Waals surface area contributed by atoms with E-state index >= 15 is 0 Å². The lowest BCUT2D eigenvalue weighted by molar-refractivity contribution is 0.0470. The first-order chi connectivity index (χ1) is 7.01. The maximum Gasteiger partial charge on any atom is 0.397 e. The number of aliphatic hydroxyl groups excluding tert-OH is 1. The van der Waals surface area contributed by atoms with E-state index in [4.69, 9.17) is 9.63 Å². The van der Waals surface area contributed by atoms with E-state index in [1.165, 1.54) is 0 Å². The molecule has 6 heteroatoms. The summed E-state index contributed by atoms with van der Waals surface area (Å²) in [7, 11) is 0. The molecule has 1 N–H and O–H groups in total. The lowest BCUT2D eigenvalue weighted by Gasteiger charge is -2.15. The molecule has 0 atom stereocenters. The normalized spacial score (nSPS) is 11.5. The van der Waals surface area contributed by atoms with Gasteiger partial charge >= 0.3 is 11.9 Å². The molecule has 0 aliphatic heterocycles. The molecule has 0 amide bonds. The van der Waals surface area contributed by atoms with Crippen LogP contribution in [-0.2, 0) is 10.2 Å². The topological polar surface area (TPSA) is 85.5 Å². The minimum atomic E-state index is -0.648. The van der Waals surface area contributed by atoms with Crippen LogP contribution in [0.25, 0.3) is 0 Å². The van der Waals surface area contributed by atoms with Crippen molar-refractivity contribution < 1.29 is 19.2 Å². The highest BCUT2D eigenvalue weighted by molar-refractivity contribution is 5.83. The van der Waals surface area contributed by atoms with Gasteiger partial charge in [0, 0.05) is 0 Å². The number of aromatic nitrogens is 2. The molecule has 0 aliphatic rings. The Balaban J connectivity index is 2.85. The highest BCUT2D eigenvalue weighted by Crippen LogP contribution is 2.18. The van der Waals surface area contributed by atoms with Gasteiger partial charge < -0.3 is 14.4 Å². The first-order valence-corrected chi connectivity index (χ1v) is 4.63. The Hall–Kier alpha value is -1.43. The van der Waals surface area contributed by atoms with Crippen LogP contribution in [0, 0.1) is 0 Å². The number of nitrogens with zero attached hydrogens (tertiary/aromatic N) is 2. The van der Waals surface area contributed by atoms with Gasteiger partial charge in [0.2, 0.25) is 0 Å². The zero-order valence-electron chi connectivity index (χ0n) is 8.98. The van der Waals surface area contributed by atoms with Crippen molar-refractivity contribution in [1.82, 2.24) is 10.1 Å². The SMILES string of the molecule is CCOC(=O)c1nc(C(C)(C)CO)no1. The van der Waals surface area contributed by atoms with E-state index in [9.17, 15) is 4.79 Å². The molecule has 84 valence electrons. The Labute approximate surface area is 87.2 Å². The smallest absolute Gasteiger partial charge is 0.397 e. The van der Waals surface area contributed by atoms with Gasteiger partial charge in [-0.05, 0) is 6.92 Å². The zero-order valence-corrected chi connectivity index (χ0v) is 8.98. The van der Waals surface area contributed by atoms with Crippen LogP contribution in [0.15, 0.2) is 4.52 Å². The van der Waals surface area contributed by atoms with Gasteiger partial charge in [-0.15, -0.1) is 0 Å². The Kier molecular flexibility index (Phi) is 3.41. The summed E-state index contributed by atoms with van der Waals surface area (Å²) in [6.07, 6.45) is 0. The summed E-state index contributed by atoms with van der Waals surface area (Å²) in [5, 5.41) is 12.7. The van der Waals surface area contributed by atoms with Crippen LogP contribution in [0.4, 0.5) is 0 Å². The molecule has 0 aromatic carbocycles. The van der Waals surface area contributed by atoms with E-state index < -0.39 is 11.4 Å². The molecule has 1 aromatic rings. The summed E-state index contributed by atoms with van der Waals surface area (Å²) in [5.74, 6) is -0.550. The Morgan fingerprint density at radius 2 is 2.27 bits per heavy atom. The second-order valence-corrected chi connectivity index (χ2v) is 3.69. The summed E-state index contributed by atoms with van der Waals surface area (Å²) in [4.78, 5) is 15.1. The summed E-state index contributed by atoms with van der Waals surface area (Å²) in [5.41, 5.74) is -0.631. The van der Waals surface area contributed by atoms with Crippen molar-refractivity contribution in [2.75, 3.05) is 13.2 Å². The van der Waals surface area contributed by atoms with Crippen molar-refractivity contribution in [3.05, 3.63) is 11.7 Å². The van der Waals surface area contributed by atoms with Gasteiger partial charge in [0.05, 0.1) is 18.6 Å².